The molecular formula is C19H17BrO6. The molecule has 0 amide bonds. The van der Waals surface area contributed by atoms with Gasteiger partial charge in [0.25, 0.3) is 0 Å². The normalized spacial score (nSPS) is 16.3. The number of carboxylic acid groups (broad SMARTS) is 1. The minimum absolute atomic E-state index is 0.111. The molecule has 1 atom stereocenters. The Kier molecular flexibility index (Phi) is 5.90. The summed E-state index contributed by atoms with van der Waals surface area (Å²) in [6.07, 6.45) is 2.15. The highest BCUT2D eigenvalue weighted by Gasteiger charge is 2.17. The summed E-state index contributed by atoms with van der Waals surface area (Å²) in [6.45, 7) is 1.24. The van der Waals surface area contributed by atoms with Crippen LogP contribution in [0.4, 0.5) is 0 Å². The van der Waals surface area contributed by atoms with Gasteiger partial charge in [0.15, 0.2) is 0 Å². The highest BCUT2D eigenvalue weighted by molar-refractivity contribution is 9.10. The molecule has 0 aliphatic carbocycles. The van der Waals surface area contributed by atoms with Crippen LogP contribution in [0.5, 0.6) is 11.5 Å². The van der Waals surface area contributed by atoms with Crippen LogP contribution in [0.3, 0.4) is 0 Å². The van der Waals surface area contributed by atoms with Gasteiger partial charge in [0, 0.05) is 6.61 Å². The quantitative estimate of drug-likeness (QED) is 0.563. The van der Waals surface area contributed by atoms with Gasteiger partial charge in [0.2, 0.25) is 0 Å². The summed E-state index contributed by atoms with van der Waals surface area (Å²) < 4.78 is 17.1. The minimum Gasteiger partial charge on any atom is -0.490 e. The summed E-state index contributed by atoms with van der Waals surface area (Å²) in [4.78, 5) is 23.1. The van der Waals surface area contributed by atoms with Gasteiger partial charge in [0.05, 0.1) is 21.7 Å². The van der Waals surface area contributed by atoms with Crippen molar-refractivity contribution in [1.82, 2.24) is 0 Å². The Bertz CT molecular complexity index is 796. The summed E-state index contributed by atoms with van der Waals surface area (Å²) >= 11 is 3.40. The van der Waals surface area contributed by atoms with Crippen LogP contribution in [0.1, 0.15) is 33.6 Å². The van der Waals surface area contributed by atoms with E-state index >= 15 is 0 Å². The third-order valence-corrected chi connectivity index (χ3v) is 4.55. The van der Waals surface area contributed by atoms with E-state index in [1.54, 1.807) is 18.2 Å². The molecule has 0 saturated carbocycles. The fourth-order valence-electron chi connectivity index (χ4n) is 2.53. The molecule has 2 aromatic carbocycles. The number of benzene rings is 2. The standard InChI is InChI=1S/C19H17BrO6/c20-16-10-13(5-8-17(16)25-11-15-2-1-9-24-15)19(23)26-14-6-3-12(4-7-14)18(21)22/h3-8,10,15H,1-2,9,11H2,(H,21,22). The molecule has 1 saturated heterocycles. The maximum Gasteiger partial charge on any atom is 0.343 e. The molecule has 0 spiro atoms. The van der Waals surface area contributed by atoms with Crippen LogP contribution in [-0.2, 0) is 4.74 Å². The maximum atomic E-state index is 12.2. The first-order valence-corrected chi connectivity index (χ1v) is 8.92. The smallest absolute Gasteiger partial charge is 0.343 e. The largest absolute Gasteiger partial charge is 0.490 e. The molecule has 1 heterocycles. The molecule has 3 rings (SSSR count). The van der Waals surface area contributed by atoms with Crippen LogP contribution >= 0.6 is 15.9 Å². The molecule has 6 nitrogen and oxygen atoms in total. The summed E-state index contributed by atoms with van der Waals surface area (Å²) in [7, 11) is 0. The van der Waals surface area contributed by atoms with Gasteiger partial charge in [-0.05, 0) is 71.2 Å². The first-order chi connectivity index (χ1) is 12.5. The second-order valence-corrected chi connectivity index (χ2v) is 6.66. The van der Waals surface area contributed by atoms with Crippen molar-refractivity contribution < 1.29 is 28.9 Å². The fourth-order valence-corrected chi connectivity index (χ4v) is 3.03. The highest BCUT2D eigenvalue weighted by atomic mass is 79.9. The Labute approximate surface area is 158 Å². The maximum absolute atomic E-state index is 12.2. The first-order valence-electron chi connectivity index (χ1n) is 8.12. The Morgan fingerprint density at radius 2 is 1.88 bits per heavy atom. The lowest BCUT2D eigenvalue weighted by Gasteiger charge is -2.13. The number of ether oxygens (including phenoxy) is 3. The summed E-state index contributed by atoms with van der Waals surface area (Å²) in [5.74, 6) is -0.678. The number of rotatable bonds is 6. The van der Waals surface area contributed by atoms with E-state index in [1.807, 2.05) is 0 Å². The molecule has 0 radical (unpaired) electrons. The molecule has 26 heavy (non-hydrogen) atoms. The average molecular weight is 421 g/mol. The van der Waals surface area contributed by atoms with Crippen molar-refractivity contribution in [3.05, 3.63) is 58.1 Å². The zero-order valence-corrected chi connectivity index (χ0v) is 15.4. The van der Waals surface area contributed by atoms with Crippen molar-refractivity contribution >= 4 is 27.9 Å². The molecule has 136 valence electrons. The molecule has 1 fully saturated rings. The summed E-state index contributed by atoms with van der Waals surface area (Å²) in [5, 5.41) is 8.87. The molecule has 1 N–H and O–H groups in total. The van der Waals surface area contributed by atoms with E-state index in [2.05, 4.69) is 15.9 Å². The van der Waals surface area contributed by atoms with Crippen molar-refractivity contribution in [2.24, 2.45) is 0 Å². The van der Waals surface area contributed by atoms with Crippen molar-refractivity contribution in [1.29, 1.82) is 0 Å². The Hall–Kier alpha value is -2.38. The molecule has 0 aromatic heterocycles. The molecule has 1 aliphatic rings. The van der Waals surface area contributed by atoms with Gasteiger partial charge < -0.3 is 19.3 Å². The van der Waals surface area contributed by atoms with Crippen LogP contribution in [0, 0.1) is 0 Å². The van der Waals surface area contributed by atoms with Gasteiger partial charge in [-0.1, -0.05) is 0 Å². The monoisotopic (exact) mass is 420 g/mol. The van der Waals surface area contributed by atoms with E-state index in [0.29, 0.717) is 22.4 Å². The molecule has 1 aliphatic heterocycles. The zero-order valence-electron chi connectivity index (χ0n) is 13.8. The number of hydrogen-bond donors (Lipinski definition) is 1. The number of esters is 1. The van der Waals surface area contributed by atoms with Crippen LogP contribution in [-0.4, -0.2) is 36.4 Å². The number of hydrogen-bond acceptors (Lipinski definition) is 5. The van der Waals surface area contributed by atoms with Gasteiger partial charge in [0.1, 0.15) is 18.1 Å². The second-order valence-electron chi connectivity index (χ2n) is 5.81. The lowest BCUT2D eigenvalue weighted by atomic mass is 10.2. The number of carbonyl (C=O) groups is 2. The molecule has 7 heteroatoms. The average Bonchev–Trinajstić information content (AvgIpc) is 3.14. The Morgan fingerprint density at radius 3 is 2.50 bits per heavy atom. The van der Waals surface area contributed by atoms with Gasteiger partial charge in [-0.25, -0.2) is 9.59 Å². The number of halogens is 1. The SMILES string of the molecule is O=C(O)c1ccc(OC(=O)c2ccc(OCC3CCCO3)c(Br)c2)cc1. The third-order valence-electron chi connectivity index (χ3n) is 3.93. The van der Waals surface area contributed by atoms with Gasteiger partial charge in [-0.3, -0.25) is 0 Å². The molecule has 2 aromatic rings. The van der Waals surface area contributed by atoms with E-state index in [0.717, 1.165) is 19.4 Å². The van der Waals surface area contributed by atoms with Crippen LogP contribution in [0.15, 0.2) is 46.9 Å². The predicted octanol–water partition coefficient (Wildman–Crippen LogP) is 3.92. The summed E-state index contributed by atoms with van der Waals surface area (Å²) in [5.41, 5.74) is 0.476. The minimum atomic E-state index is -1.04. The van der Waals surface area contributed by atoms with Crippen molar-refractivity contribution in [2.75, 3.05) is 13.2 Å². The predicted molar refractivity (Wildman–Crippen MR) is 97.0 cm³/mol. The van der Waals surface area contributed by atoms with Gasteiger partial charge in [-0.15, -0.1) is 0 Å². The topological polar surface area (TPSA) is 82.1 Å². The van der Waals surface area contributed by atoms with E-state index in [1.165, 1.54) is 24.3 Å². The number of carboxylic acids is 1. The third kappa shape index (κ3) is 4.62. The van der Waals surface area contributed by atoms with Crippen LogP contribution < -0.4 is 9.47 Å². The molecule has 0 bridgehead atoms. The first kappa shape index (κ1) is 18.4. The van der Waals surface area contributed by atoms with Gasteiger partial charge >= 0.3 is 11.9 Å². The summed E-state index contributed by atoms with van der Waals surface area (Å²) in [6, 6.07) is 10.6. The number of carbonyl (C=O) groups excluding carboxylic acids is 1. The van der Waals surface area contributed by atoms with Gasteiger partial charge in [-0.2, -0.15) is 0 Å². The Morgan fingerprint density at radius 1 is 1.15 bits per heavy atom. The van der Waals surface area contributed by atoms with E-state index in [4.69, 9.17) is 19.3 Å². The van der Waals surface area contributed by atoms with E-state index in [-0.39, 0.29) is 17.4 Å². The lowest BCUT2D eigenvalue weighted by Crippen LogP contribution is -2.16. The fraction of sp³-hybridized carbons (Fsp3) is 0.263. The van der Waals surface area contributed by atoms with Crippen LogP contribution in [0.2, 0.25) is 0 Å². The molecular weight excluding hydrogens is 404 g/mol. The lowest BCUT2D eigenvalue weighted by molar-refractivity contribution is 0.0675. The van der Waals surface area contributed by atoms with E-state index in [9.17, 15) is 9.59 Å². The van der Waals surface area contributed by atoms with Crippen molar-refractivity contribution in [3.63, 3.8) is 0 Å². The zero-order chi connectivity index (χ0) is 18.5. The van der Waals surface area contributed by atoms with Crippen molar-refractivity contribution in [3.8, 4) is 11.5 Å². The molecule has 1 unspecified atom stereocenters. The number of aromatic carboxylic acids is 1. The second kappa shape index (κ2) is 8.33. The van der Waals surface area contributed by atoms with E-state index < -0.39 is 11.9 Å². The van der Waals surface area contributed by atoms with Crippen molar-refractivity contribution in [2.45, 2.75) is 18.9 Å². The highest BCUT2D eigenvalue weighted by Crippen LogP contribution is 2.27. The Balaban J connectivity index is 1.61. The van der Waals surface area contributed by atoms with Crippen LogP contribution in [0.25, 0.3) is 0 Å².